The van der Waals surface area contributed by atoms with E-state index in [2.05, 4.69) is 39.6 Å². The maximum Gasteiger partial charge on any atom is 0.294 e. The van der Waals surface area contributed by atoms with E-state index < -0.39 is 17.7 Å². The highest BCUT2D eigenvalue weighted by atomic mass is 32.1. The van der Waals surface area contributed by atoms with Crippen LogP contribution in [0.4, 0.5) is 5.69 Å². The average Bonchev–Trinajstić information content (AvgIpc) is 3.28. The van der Waals surface area contributed by atoms with Gasteiger partial charge < -0.3 is 5.11 Å². The number of aliphatic hydroxyl groups is 1. The van der Waals surface area contributed by atoms with Crippen molar-refractivity contribution in [1.29, 1.82) is 0 Å². The van der Waals surface area contributed by atoms with Crippen LogP contribution in [0.5, 0.6) is 0 Å². The van der Waals surface area contributed by atoms with Gasteiger partial charge in [0, 0.05) is 5.69 Å². The Labute approximate surface area is 211 Å². The van der Waals surface area contributed by atoms with E-state index in [-0.39, 0.29) is 16.8 Å². The molecule has 0 spiro atoms. The molecule has 1 N–H and O–H groups in total. The van der Waals surface area contributed by atoms with Crippen LogP contribution < -0.4 is 4.90 Å². The smallest absolute Gasteiger partial charge is 0.294 e. The summed E-state index contributed by atoms with van der Waals surface area (Å²) >= 11 is 1.28. The lowest BCUT2D eigenvalue weighted by Crippen LogP contribution is -2.31. The number of hydrogen-bond donors (Lipinski definition) is 1. The number of rotatable bonds is 5. The molecule has 0 saturated carbocycles. The summed E-state index contributed by atoms with van der Waals surface area (Å²) in [4.78, 5) is 33.5. The summed E-state index contributed by atoms with van der Waals surface area (Å²) in [5, 5.41) is 11.8. The third-order valence-corrected chi connectivity index (χ3v) is 7.56. The van der Waals surface area contributed by atoms with E-state index in [1.807, 2.05) is 55.5 Å². The Morgan fingerprint density at radius 1 is 1.03 bits per heavy atom. The van der Waals surface area contributed by atoms with E-state index in [0.29, 0.717) is 22.2 Å². The monoisotopic (exact) mass is 488 g/mol. The highest BCUT2D eigenvalue weighted by Gasteiger charge is 2.45. The highest BCUT2D eigenvalue weighted by molar-refractivity contribution is 7.14. The number of carbonyl (C=O) groups excluding carboxylic acids is 2. The lowest BCUT2D eigenvalue weighted by atomic mass is 9.85. The predicted octanol–water partition coefficient (Wildman–Crippen LogP) is 6.96. The molecule has 0 bridgehead atoms. The van der Waals surface area contributed by atoms with Crippen LogP contribution in [-0.4, -0.2) is 21.8 Å². The molecule has 6 heteroatoms. The first-order valence-electron chi connectivity index (χ1n) is 11.9. The molecule has 1 aromatic heterocycles. The van der Waals surface area contributed by atoms with Crippen molar-refractivity contribution in [2.45, 2.75) is 65.8 Å². The highest BCUT2D eigenvalue weighted by Crippen LogP contribution is 2.43. The Balaban J connectivity index is 1.86. The second-order valence-electron chi connectivity index (χ2n) is 10.4. The van der Waals surface area contributed by atoms with Gasteiger partial charge in [-0.2, -0.15) is 0 Å². The zero-order valence-corrected chi connectivity index (χ0v) is 22.2. The van der Waals surface area contributed by atoms with Gasteiger partial charge in [0.1, 0.15) is 0 Å². The maximum absolute atomic E-state index is 13.7. The Morgan fingerprint density at radius 2 is 1.63 bits per heavy atom. The van der Waals surface area contributed by atoms with Crippen LogP contribution >= 0.6 is 11.3 Å². The van der Waals surface area contributed by atoms with E-state index in [1.54, 1.807) is 6.92 Å². The number of aryl methyl sites for hydroxylation is 2. The first-order valence-corrected chi connectivity index (χ1v) is 12.7. The van der Waals surface area contributed by atoms with Crippen LogP contribution in [0.2, 0.25) is 0 Å². The fraction of sp³-hybridized carbons (Fsp3) is 0.345. The number of benzene rings is 2. The molecule has 1 aliphatic heterocycles. The molecular formula is C29H32N2O3S. The molecule has 35 heavy (non-hydrogen) atoms. The summed E-state index contributed by atoms with van der Waals surface area (Å²) in [7, 11) is 0. The Bertz CT molecular complexity index is 1310. The molecule has 2 heterocycles. The minimum absolute atomic E-state index is 0.0374. The van der Waals surface area contributed by atoms with Crippen molar-refractivity contribution in [3.05, 3.63) is 92.1 Å². The molecule has 1 unspecified atom stereocenters. The quantitative estimate of drug-likeness (QED) is 0.394. The number of hydrogen-bond acceptors (Lipinski definition) is 5. The summed E-state index contributed by atoms with van der Waals surface area (Å²) in [6, 6.07) is 14.9. The Kier molecular flexibility index (Phi) is 6.45. The topological polar surface area (TPSA) is 70.5 Å². The van der Waals surface area contributed by atoms with Gasteiger partial charge in [0.2, 0.25) is 5.78 Å². The van der Waals surface area contributed by atoms with Crippen molar-refractivity contribution < 1.29 is 14.7 Å². The third-order valence-electron chi connectivity index (χ3n) is 6.49. The summed E-state index contributed by atoms with van der Waals surface area (Å²) < 4.78 is 0. The second-order valence-corrected chi connectivity index (χ2v) is 11.6. The van der Waals surface area contributed by atoms with Gasteiger partial charge in [0.05, 0.1) is 27.2 Å². The number of nitrogens with zero attached hydrogens (tertiary/aromatic N) is 2. The van der Waals surface area contributed by atoms with Gasteiger partial charge in [0.25, 0.3) is 5.91 Å². The Hall–Kier alpha value is -3.25. The molecule has 2 aromatic carbocycles. The number of amides is 1. The van der Waals surface area contributed by atoms with Gasteiger partial charge in [-0.05, 0) is 54.0 Å². The van der Waals surface area contributed by atoms with Crippen molar-refractivity contribution in [1.82, 2.24) is 4.98 Å². The van der Waals surface area contributed by atoms with Crippen molar-refractivity contribution in [2.24, 2.45) is 0 Å². The molecule has 0 aliphatic carbocycles. The number of Topliss-reactive ketones (excluding diaryl/α,β-unsaturated/α-hetero) is 1. The molecule has 182 valence electrons. The maximum atomic E-state index is 13.7. The fourth-order valence-electron chi connectivity index (χ4n) is 4.47. The fourth-order valence-corrected chi connectivity index (χ4v) is 5.34. The van der Waals surface area contributed by atoms with E-state index >= 15 is 0 Å². The summed E-state index contributed by atoms with van der Waals surface area (Å²) in [5.74, 6) is -1.09. The van der Waals surface area contributed by atoms with Crippen molar-refractivity contribution in [2.75, 3.05) is 4.90 Å². The first kappa shape index (κ1) is 24.9. The van der Waals surface area contributed by atoms with Crippen molar-refractivity contribution >= 4 is 28.7 Å². The van der Waals surface area contributed by atoms with Crippen LogP contribution in [-0.2, 0) is 10.2 Å². The number of ketones is 1. The molecule has 0 fully saturated rings. The summed E-state index contributed by atoms with van der Waals surface area (Å²) in [5.41, 5.74) is 4.36. The number of aliphatic hydroxyl groups excluding tert-OH is 1. The van der Waals surface area contributed by atoms with Crippen molar-refractivity contribution in [3.8, 4) is 0 Å². The molecule has 5 nitrogen and oxygen atoms in total. The molecule has 4 rings (SSSR count). The second kappa shape index (κ2) is 9.08. The van der Waals surface area contributed by atoms with E-state index in [9.17, 15) is 14.7 Å². The lowest BCUT2D eigenvalue weighted by molar-refractivity contribution is -0.117. The zero-order valence-electron chi connectivity index (χ0n) is 21.3. The van der Waals surface area contributed by atoms with E-state index in [0.717, 1.165) is 21.7 Å². The SMILES string of the molecule is Cc1nc(C)c(C(=O)C2=C(O)C(=O)N(c3ccc(C(C)C)cc3)C2c2ccc(C(C)(C)C)cc2)s1. The molecule has 3 aromatic rings. The number of carbonyl (C=O) groups is 2. The number of thiazole rings is 1. The van der Waals surface area contributed by atoms with Crippen molar-refractivity contribution in [3.63, 3.8) is 0 Å². The molecule has 1 atom stereocenters. The molecular weight excluding hydrogens is 456 g/mol. The minimum atomic E-state index is -0.740. The third kappa shape index (κ3) is 4.55. The van der Waals surface area contributed by atoms with Gasteiger partial charge in [-0.3, -0.25) is 14.5 Å². The van der Waals surface area contributed by atoms with E-state index in [4.69, 9.17) is 0 Å². The summed E-state index contributed by atoms with van der Waals surface area (Å²) in [6.07, 6.45) is 0. The van der Waals surface area contributed by atoms with Crippen LogP contribution in [0.25, 0.3) is 0 Å². The largest absolute Gasteiger partial charge is 0.503 e. The van der Waals surface area contributed by atoms with Crippen LogP contribution in [0.1, 0.15) is 83.6 Å². The van der Waals surface area contributed by atoms with Gasteiger partial charge in [-0.1, -0.05) is 71.0 Å². The molecule has 0 saturated heterocycles. The number of anilines is 1. The van der Waals surface area contributed by atoms with Crippen LogP contribution in [0, 0.1) is 13.8 Å². The van der Waals surface area contributed by atoms with Gasteiger partial charge in [-0.15, -0.1) is 11.3 Å². The van der Waals surface area contributed by atoms with Gasteiger partial charge >= 0.3 is 0 Å². The zero-order chi connectivity index (χ0) is 25.7. The minimum Gasteiger partial charge on any atom is -0.503 e. The predicted molar refractivity (Wildman–Crippen MR) is 141 cm³/mol. The Morgan fingerprint density at radius 3 is 2.11 bits per heavy atom. The standard InChI is InChI=1S/C29H32N2O3S/c1-16(2)19-10-14-22(15-11-19)31-24(20-8-12-21(13-9-20)29(5,6)7)23(26(33)28(31)34)25(32)27-17(3)30-18(4)35-27/h8-16,24,33H,1-7H3. The molecule has 1 amide bonds. The van der Waals surface area contributed by atoms with E-state index in [1.165, 1.54) is 16.2 Å². The van der Waals surface area contributed by atoms with Crippen LogP contribution in [0.15, 0.2) is 59.9 Å². The lowest BCUT2D eigenvalue weighted by Gasteiger charge is -2.28. The normalized spacial score (nSPS) is 16.5. The summed E-state index contributed by atoms with van der Waals surface area (Å²) in [6.45, 7) is 14.3. The molecule has 0 radical (unpaired) electrons. The molecule has 1 aliphatic rings. The van der Waals surface area contributed by atoms with Crippen LogP contribution in [0.3, 0.4) is 0 Å². The van der Waals surface area contributed by atoms with Gasteiger partial charge in [-0.25, -0.2) is 4.98 Å². The average molecular weight is 489 g/mol. The number of aromatic nitrogens is 1. The van der Waals surface area contributed by atoms with Gasteiger partial charge in [0.15, 0.2) is 5.76 Å². The first-order chi connectivity index (χ1) is 16.4.